The second kappa shape index (κ2) is 4.30. The Balaban J connectivity index is 2.88. The number of ether oxygens (including phenoxy) is 1. The van der Waals surface area contributed by atoms with Gasteiger partial charge in [0.05, 0.1) is 12.6 Å². The van der Waals surface area contributed by atoms with Crippen LogP contribution in [0, 0.1) is 12.9 Å². The summed E-state index contributed by atoms with van der Waals surface area (Å²) < 4.78 is 17.5. The standard InChI is InChI=1S/C9H13FN2O/c1-6-3-9(10)12-4-7(6)8(11)5-13-2/h3-4,8H,5,11H2,1-2H3. The molecule has 1 aromatic heterocycles. The zero-order valence-corrected chi connectivity index (χ0v) is 7.75. The van der Waals surface area contributed by atoms with Gasteiger partial charge in [-0.3, -0.25) is 0 Å². The van der Waals surface area contributed by atoms with Crippen molar-refractivity contribution in [1.29, 1.82) is 0 Å². The summed E-state index contributed by atoms with van der Waals surface area (Å²) in [7, 11) is 1.58. The average molecular weight is 184 g/mol. The van der Waals surface area contributed by atoms with Crippen LogP contribution in [0.1, 0.15) is 17.2 Å². The summed E-state index contributed by atoms with van der Waals surface area (Å²) in [4.78, 5) is 3.54. The van der Waals surface area contributed by atoms with E-state index in [0.717, 1.165) is 11.1 Å². The summed E-state index contributed by atoms with van der Waals surface area (Å²) in [5.41, 5.74) is 7.39. The Morgan fingerprint density at radius 3 is 2.92 bits per heavy atom. The molecular weight excluding hydrogens is 171 g/mol. The minimum absolute atomic E-state index is 0.238. The molecule has 1 heterocycles. The number of pyridine rings is 1. The van der Waals surface area contributed by atoms with E-state index in [1.54, 1.807) is 14.0 Å². The highest BCUT2D eigenvalue weighted by molar-refractivity contribution is 5.25. The van der Waals surface area contributed by atoms with Crippen LogP contribution < -0.4 is 5.73 Å². The number of rotatable bonds is 3. The smallest absolute Gasteiger partial charge is 0.213 e. The van der Waals surface area contributed by atoms with Gasteiger partial charge in [0.1, 0.15) is 0 Å². The summed E-state index contributed by atoms with van der Waals surface area (Å²) in [6, 6.07) is 1.13. The number of halogens is 1. The molecule has 0 aliphatic rings. The van der Waals surface area contributed by atoms with Crippen molar-refractivity contribution in [3.05, 3.63) is 29.3 Å². The minimum Gasteiger partial charge on any atom is -0.383 e. The van der Waals surface area contributed by atoms with Crippen LogP contribution in [0.3, 0.4) is 0 Å². The van der Waals surface area contributed by atoms with E-state index in [-0.39, 0.29) is 6.04 Å². The summed E-state index contributed by atoms with van der Waals surface area (Å²) in [5, 5.41) is 0. The third kappa shape index (κ3) is 2.47. The van der Waals surface area contributed by atoms with E-state index in [1.807, 2.05) is 0 Å². The molecule has 0 aliphatic carbocycles. The van der Waals surface area contributed by atoms with E-state index in [9.17, 15) is 4.39 Å². The van der Waals surface area contributed by atoms with Gasteiger partial charge in [-0.05, 0) is 24.1 Å². The zero-order chi connectivity index (χ0) is 9.84. The number of hydrogen-bond donors (Lipinski definition) is 1. The van der Waals surface area contributed by atoms with Gasteiger partial charge >= 0.3 is 0 Å². The van der Waals surface area contributed by atoms with E-state index in [4.69, 9.17) is 10.5 Å². The summed E-state index contributed by atoms with van der Waals surface area (Å²) >= 11 is 0. The van der Waals surface area contributed by atoms with Gasteiger partial charge in [-0.25, -0.2) is 4.98 Å². The van der Waals surface area contributed by atoms with E-state index in [0.29, 0.717) is 6.61 Å². The summed E-state index contributed by atoms with van der Waals surface area (Å²) in [6.07, 6.45) is 1.45. The fourth-order valence-corrected chi connectivity index (χ4v) is 1.19. The van der Waals surface area contributed by atoms with E-state index >= 15 is 0 Å². The Morgan fingerprint density at radius 2 is 2.38 bits per heavy atom. The first-order valence-electron chi connectivity index (χ1n) is 4.01. The van der Waals surface area contributed by atoms with Crippen molar-refractivity contribution in [2.75, 3.05) is 13.7 Å². The molecule has 4 heteroatoms. The highest BCUT2D eigenvalue weighted by Crippen LogP contribution is 2.14. The van der Waals surface area contributed by atoms with Crippen LogP contribution in [0.2, 0.25) is 0 Å². The maximum atomic E-state index is 12.6. The molecule has 0 amide bonds. The molecule has 1 rings (SSSR count). The molecule has 0 saturated carbocycles. The lowest BCUT2D eigenvalue weighted by Crippen LogP contribution is -2.17. The molecule has 1 unspecified atom stereocenters. The Labute approximate surface area is 76.7 Å². The van der Waals surface area contributed by atoms with Crippen molar-refractivity contribution in [2.45, 2.75) is 13.0 Å². The largest absolute Gasteiger partial charge is 0.383 e. The first-order chi connectivity index (χ1) is 6.15. The number of methoxy groups -OCH3 is 1. The molecule has 0 spiro atoms. The topological polar surface area (TPSA) is 48.1 Å². The van der Waals surface area contributed by atoms with Gasteiger partial charge < -0.3 is 10.5 Å². The maximum Gasteiger partial charge on any atom is 0.213 e. The van der Waals surface area contributed by atoms with Gasteiger partial charge in [0.15, 0.2) is 0 Å². The van der Waals surface area contributed by atoms with E-state index in [2.05, 4.69) is 4.98 Å². The Kier molecular flexibility index (Phi) is 3.33. The Bertz CT molecular complexity index is 291. The molecule has 1 aromatic rings. The van der Waals surface area contributed by atoms with Crippen molar-refractivity contribution in [1.82, 2.24) is 4.98 Å². The van der Waals surface area contributed by atoms with Crippen LogP contribution in [-0.4, -0.2) is 18.7 Å². The molecule has 2 N–H and O–H groups in total. The molecule has 0 bridgehead atoms. The number of nitrogens with two attached hydrogens (primary N) is 1. The van der Waals surface area contributed by atoms with Crippen molar-refractivity contribution >= 4 is 0 Å². The predicted molar refractivity (Wildman–Crippen MR) is 47.7 cm³/mol. The van der Waals surface area contributed by atoms with Gasteiger partial charge in [0.2, 0.25) is 5.95 Å². The zero-order valence-electron chi connectivity index (χ0n) is 7.75. The van der Waals surface area contributed by atoms with Gasteiger partial charge in [-0.1, -0.05) is 0 Å². The maximum absolute atomic E-state index is 12.6. The third-order valence-corrected chi connectivity index (χ3v) is 1.86. The lowest BCUT2D eigenvalue weighted by atomic mass is 10.1. The SMILES string of the molecule is COCC(N)c1cnc(F)cc1C. The van der Waals surface area contributed by atoms with Gasteiger partial charge in [-0.2, -0.15) is 4.39 Å². The van der Waals surface area contributed by atoms with Crippen molar-refractivity contribution in [3.63, 3.8) is 0 Å². The molecule has 0 aromatic carbocycles. The van der Waals surface area contributed by atoms with Crippen LogP contribution >= 0.6 is 0 Å². The van der Waals surface area contributed by atoms with Crippen molar-refractivity contribution in [3.8, 4) is 0 Å². The van der Waals surface area contributed by atoms with Crippen LogP contribution in [0.4, 0.5) is 4.39 Å². The van der Waals surface area contributed by atoms with E-state index in [1.165, 1.54) is 12.3 Å². The fraction of sp³-hybridized carbons (Fsp3) is 0.444. The first kappa shape index (κ1) is 10.1. The number of aromatic nitrogens is 1. The lowest BCUT2D eigenvalue weighted by molar-refractivity contribution is 0.180. The summed E-state index contributed by atoms with van der Waals surface area (Å²) in [6.45, 7) is 2.21. The predicted octanol–water partition coefficient (Wildman–Crippen LogP) is 1.18. The summed E-state index contributed by atoms with van der Waals surface area (Å²) in [5.74, 6) is -0.481. The molecule has 0 radical (unpaired) electrons. The highest BCUT2D eigenvalue weighted by atomic mass is 19.1. The molecule has 0 fully saturated rings. The molecule has 0 saturated heterocycles. The van der Waals surface area contributed by atoms with Crippen molar-refractivity contribution in [2.24, 2.45) is 5.73 Å². The Hall–Kier alpha value is -1.00. The van der Waals surface area contributed by atoms with Crippen molar-refractivity contribution < 1.29 is 9.13 Å². The Morgan fingerprint density at radius 1 is 1.69 bits per heavy atom. The highest BCUT2D eigenvalue weighted by Gasteiger charge is 2.09. The number of hydrogen-bond acceptors (Lipinski definition) is 3. The quantitative estimate of drug-likeness (QED) is 0.717. The second-order valence-corrected chi connectivity index (χ2v) is 2.93. The van der Waals surface area contributed by atoms with Crippen LogP contribution in [0.25, 0.3) is 0 Å². The fourth-order valence-electron chi connectivity index (χ4n) is 1.19. The average Bonchev–Trinajstić information content (AvgIpc) is 2.04. The van der Waals surface area contributed by atoms with E-state index < -0.39 is 5.95 Å². The molecular formula is C9H13FN2O. The molecule has 3 nitrogen and oxygen atoms in total. The third-order valence-electron chi connectivity index (χ3n) is 1.86. The molecule has 1 atom stereocenters. The molecule has 13 heavy (non-hydrogen) atoms. The van der Waals surface area contributed by atoms with Crippen LogP contribution in [0.15, 0.2) is 12.3 Å². The normalized spacial score (nSPS) is 12.9. The van der Waals surface area contributed by atoms with Gasteiger partial charge in [-0.15, -0.1) is 0 Å². The van der Waals surface area contributed by atoms with Crippen LogP contribution in [-0.2, 0) is 4.74 Å². The van der Waals surface area contributed by atoms with Gasteiger partial charge in [0, 0.05) is 13.3 Å². The second-order valence-electron chi connectivity index (χ2n) is 2.93. The first-order valence-corrected chi connectivity index (χ1v) is 4.01. The monoisotopic (exact) mass is 184 g/mol. The molecule has 72 valence electrons. The molecule has 0 aliphatic heterocycles. The number of nitrogens with zero attached hydrogens (tertiary/aromatic N) is 1. The van der Waals surface area contributed by atoms with Crippen LogP contribution in [0.5, 0.6) is 0 Å². The van der Waals surface area contributed by atoms with Gasteiger partial charge in [0.25, 0.3) is 0 Å². The number of aryl methyl sites for hydroxylation is 1. The lowest BCUT2D eigenvalue weighted by Gasteiger charge is -2.12. The minimum atomic E-state index is -0.481.